The van der Waals surface area contributed by atoms with Crippen LogP contribution in [0.15, 0.2) is 47.3 Å². The second kappa shape index (κ2) is 5.90. The van der Waals surface area contributed by atoms with E-state index in [1.54, 1.807) is 30.5 Å². The number of nitrogens with one attached hydrogen (secondary N) is 3. The van der Waals surface area contributed by atoms with Gasteiger partial charge in [-0.25, -0.2) is 4.98 Å². The van der Waals surface area contributed by atoms with Gasteiger partial charge in [0.2, 0.25) is 11.7 Å². The van der Waals surface area contributed by atoms with Gasteiger partial charge in [-0.3, -0.25) is 19.2 Å². The summed E-state index contributed by atoms with van der Waals surface area (Å²) in [6.45, 7) is 0. The van der Waals surface area contributed by atoms with Gasteiger partial charge >= 0.3 is 0 Å². The third-order valence-electron chi connectivity index (χ3n) is 5.26. The van der Waals surface area contributed by atoms with Gasteiger partial charge in [0.05, 0.1) is 16.8 Å². The number of ketones is 2. The van der Waals surface area contributed by atoms with E-state index in [0.717, 1.165) is 11.8 Å². The second-order valence-corrected chi connectivity index (χ2v) is 7.88. The topological polar surface area (TPSA) is 121 Å². The minimum Gasteiger partial charge on any atom is -0.348 e. The van der Waals surface area contributed by atoms with Gasteiger partial charge in [0.15, 0.2) is 11.3 Å². The zero-order chi connectivity index (χ0) is 19.5. The van der Waals surface area contributed by atoms with Crippen LogP contribution in [-0.2, 0) is 16.0 Å². The van der Waals surface area contributed by atoms with Crippen molar-refractivity contribution in [3.63, 3.8) is 0 Å². The van der Waals surface area contributed by atoms with E-state index in [-0.39, 0.29) is 34.0 Å². The summed E-state index contributed by atoms with van der Waals surface area (Å²) in [7, 11) is 0. The Bertz CT molecular complexity index is 1090. The number of allylic oxidation sites excluding steroid dienone is 1. The summed E-state index contributed by atoms with van der Waals surface area (Å²) in [5, 5.41) is 5.47. The molecule has 1 aliphatic carbocycles. The van der Waals surface area contributed by atoms with Gasteiger partial charge in [-0.1, -0.05) is 24.3 Å². The number of aromatic amines is 1. The lowest BCUT2D eigenvalue weighted by Gasteiger charge is -2.38. The molecule has 2 atom stereocenters. The molecular formula is C19H14N4O4S. The highest BCUT2D eigenvalue weighted by atomic mass is 32.2. The van der Waals surface area contributed by atoms with E-state index in [0.29, 0.717) is 11.3 Å². The lowest BCUT2D eigenvalue weighted by atomic mass is 9.78. The molecule has 3 aliphatic rings. The van der Waals surface area contributed by atoms with Crippen molar-refractivity contribution in [3.05, 3.63) is 64.1 Å². The summed E-state index contributed by atoms with van der Waals surface area (Å²) < 4.78 is 0. The fourth-order valence-corrected chi connectivity index (χ4v) is 5.23. The Kier molecular flexibility index (Phi) is 3.57. The molecule has 3 heterocycles. The third kappa shape index (κ3) is 2.22. The third-order valence-corrected chi connectivity index (χ3v) is 6.52. The van der Waals surface area contributed by atoms with Crippen molar-refractivity contribution in [1.82, 2.24) is 20.6 Å². The van der Waals surface area contributed by atoms with E-state index in [1.165, 1.54) is 6.33 Å². The fraction of sp³-hybridized carbons (Fsp3) is 0.211. The van der Waals surface area contributed by atoms with Crippen molar-refractivity contribution < 1.29 is 19.2 Å². The number of Topliss-reactive ketones (excluding diaryl/α,β-unsaturated/α-hetero) is 2. The number of thioether (sulfide) groups is 1. The number of nitrogens with zero attached hydrogens (tertiary/aromatic N) is 1. The van der Waals surface area contributed by atoms with Crippen LogP contribution < -0.4 is 10.6 Å². The molecule has 0 bridgehead atoms. The molecule has 5 rings (SSSR count). The lowest BCUT2D eigenvalue weighted by molar-refractivity contribution is -0.139. The smallest absolute Gasteiger partial charge is 0.252 e. The molecule has 1 fully saturated rings. The molecule has 1 aromatic carbocycles. The lowest BCUT2D eigenvalue weighted by Crippen LogP contribution is -2.71. The maximum absolute atomic E-state index is 13.1. The predicted molar refractivity (Wildman–Crippen MR) is 99.7 cm³/mol. The van der Waals surface area contributed by atoms with E-state index < -0.39 is 29.2 Å². The number of piperazine rings is 1. The number of carbonyl (C=O) groups is 4. The van der Waals surface area contributed by atoms with Crippen molar-refractivity contribution in [2.75, 3.05) is 5.75 Å². The Labute approximate surface area is 163 Å². The van der Waals surface area contributed by atoms with Crippen LogP contribution in [0.1, 0.15) is 26.4 Å². The highest BCUT2D eigenvalue weighted by molar-refractivity contribution is 8.04. The Hall–Kier alpha value is -3.20. The minimum absolute atomic E-state index is 0.0760. The van der Waals surface area contributed by atoms with Crippen molar-refractivity contribution in [3.8, 4) is 0 Å². The molecule has 8 nitrogen and oxygen atoms in total. The average molecular weight is 394 g/mol. The number of hydrogen-bond donors (Lipinski definition) is 3. The van der Waals surface area contributed by atoms with Crippen molar-refractivity contribution in [1.29, 1.82) is 0 Å². The summed E-state index contributed by atoms with van der Waals surface area (Å²) in [6.07, 6.45) is 3.33. The Morgan fingerprint density at radius 1 is 1.11 bits per heavy atom. The van der Waals surface area contributed by atoms with Crippen LogP contribution in [-0.4, -0.2) is 50.7 Å². The van der Waals surface area contributed by atoms with E-state index in [1.807, 2.05) is 0 Å². The Balaban J connectivity index is 1.52. The quantitative estimate of drug-likeness (QED) is 0.677. The molecule has 0 saturated carbocycles. The van der Waals surface area contributed by atoms with E-state index in [2.05, 4.69) is 20.6 Å². The molecule has 1 aromatic heterocycles. The number of hydrogen-bond acceptors (Lipinski definition) is 6. The molecule has 28 heavy (non-hydrogen) atoms. The maximum Gasteiger partial charge on any atom is 0.252 e. The number of rotatable bonds is 2. The molecule has 2 aliphatic heterocycles. The molecule has 3 N–H and O–H groups in total. The van der Waals surface area contributed by atoms with Crippen LogP contribution in [0, 0.1) is 0 Å². The Morgan fingerprint density at radius 2 is 1.86 bits per heavy atom. The number of imidazole rings is 1. The fourth-order valence-electron chi connectivity index (χ4n) is 3.87. The van der Waals surface area contributed by atoms with Crippen LogP contribution in [0.2, 0.25) is 0 Å². The van der Waals surface area contributed by atoms with Crippen LogP contribution in [0.5, 0.6) is 0 Å². The van der Waals surface area contributed by atoms with Crippen LogP contribution >= 0.6 is 11.8 Å². The van der Waals surface area contributed by atoms with Crippen molar-refractivity contribution in [2.24, 2.45) is 0 Å². The number of amides is 2. The summed E-state index contributed by atoms with van der Waals surface area (Å²) in [6, 6.07) is 5.75. The highest BCUT2D eigenvalue weighted by Crippen LogP contribution is 2.46. The standard InChI is InChI=1S/C19H14N4O4S/c24-14-10-3-1-2-4-11(10)15(25)16-13(14)19(7-28-16)18(27)22-12(17(26)23-19)5-9-6-20-8-21-9/h1-4,6,8,12H,5,7H2,(H,20,21)(H,22,27)(H,23,26)/t12-,19+/m0/s1. The van der Waals surface area contributed by atoms with E-state index in [9.17, 15) is 19.2 Å². The first-order valence-electron chi connectivity index (χ1n) is 8.67. The zero-order valence-electron chi connectivity index (χ0n) is 14.4. The first-order chi connectivity index (χ1) is 13.5. The van der Waals surface area contributed by atoms with Gasteiger partial charge in [0.1, 0.15) is 6.04 Å². The molecule has 0 radical (unpaired) electrons. The molecule has 2 amide bonds. The molecular weight excluding hydrogens is 380 g/mol. The molecule has 1 spiro atoms. The normalized spacial score (nSPS) is 26.2. The summed E-state index contributed by atoms with van der Waals surface area (Å²) >= 11 is 1.14. The molecule has 140 valence electrons. The minimum atomic E-state index is -1.53. The van der Waals surface area contributed by atoms with Crippen molar-refractivity contribution in [2.45, 2.75) is 18.0 Å². The second-order valence-electron chi connectivity index (χ2n) is 6.90. The first-order valence-corrected chi connectivity index (χ1v) is 9.66. The predicted octanol–water partition coefficient (Wildman–Crippen LogP) is 0.386. The van der Waals surface area contributed by atoms with Gasteiger partial charge in [-0.2, -0.15) is 0 Å². The van der Waals surface area contributed by atoms with Gasteiger partial charge in [-0.05, 0) is 0 Å². The average Bonchev–Trinajstić information content (AvgIpc) is 3.33. The summed E-state index contributed by atoms with van der Waals surface area (Å²) in [5.74, 6) is -1.44. The summed E-state index contributed by atoms with van der Waals surface area (Å²) in [5.41, 5.74) is -0.158. The van der Waals surface area contributed by atoms with Gasteiger partial charge < -0.3 is 15.6 Å². The number of carbonyl (C=O) groups excluding carboxylic acids is 4. The van der Waals surface area contributed by atoms with E-state index in [4.69, 9.17) is 0 Å². The van der Waals surface area contributed by atoms with Crippen LogP contribution in [0.3, 0.4) is 0 Å². The Morgan fingerprint density at radius 3 is 2.57 bits per heavy atom. The maximum atomic E-state index is 13.1. The van der Waals surface area contributed by atoms with Gasteiger partial charge in [-0.15, -0.1) is 11.8 Å². The molecule has 9 heteroatoms. The number of aromatic nitrogens is 2. The molecule has 2 aromatic rings. The van der Waals surface area contributed by atoms with Gasteiger partial charge in [0.25, 0.3) is 5.91 Å². The monoisotopic (exact) mass is 394 g/mol. The highest BCUT2D eigenvalue weighted by Gasteiger charge is 2.58. The molecule has 0 unspecified atom stereocenters. The molecule has 1 saturated heterocycles. The number of benzene rings is 1. The number of fused-ring (bicyclic) bond motifs is 2. The largest absolute Gasteiger partial charge is 0.348 e. The van der Waals surface area contributed by atoms with E-state index >= 15 is 0 Å². The van der Waals surface area contributed by atoms with Crippen molar-refractivity contribution >= 4 is 35.1 Å². The van der Waals surface area contributed by atoms with Crippen LogP contribution in [0.4, 0.5) is 0 Å². The van der Waals surface area contributed by atoms with Crippen LogP contribution in [0.25, 0.3) is 0 Å². The SMILES string of the molecule is O=C1C2=C(C(=O)c3ccccc31)[C@@]1(CS2)NC(=O)[C@H](Cc2cnc[nH]2)NC1=O. The number of H-pyrrole nitrogens is 1. The summed E-state index contributed by atoms with van der Waals surface area (Å²) in [4.78, 5) is 58.8. The zero-order valence-corrected chi connectivity index (χ0v) is 15.3. The first kappa shape index (κ1) is 16.9. The van der Waals surface area contributed by atoms with Gasteiger partial charge in [0, 0.05) is 35.2 Å².